The highest BCUT2D eigenvalue weighted by Gasteiger charge is 2.23. The van der Waals surface area contributed by atoms with Crippen molar-refractivity contribution >= 4 is 21.7 Å². The lowest BCUT2D eigenvalue weighted by molar-refractivity contribution is 0.102. The zero-order valence-electron chi connectivity index (χ0n) is 10.9. The number of carbonyl (C=O) groups excluding carboxylic acids is 1. The fourth-order valence-corrected chi connectivity index (χ4v) is 2.26. The quantitative estimate of drug-likeness (QED) is 0.794. The second-order valence-corrected chi connectivity index (χ2v) is 4.82. The molecule has 2 aromatic rings. The van der Waals surface area contributed by atoms with Crippen LogP contribution in [0.1, 0.15) is 15.9 Å². The van der Waals surface area contributed by atoms with Crippen molar-refractivity contribution < 1.29 is 18.7 Å². The molecule has 0 aliphatic carbocycles. The number of carbonyl (C=O) groups is 1. The Hall–Kier alpha value is -1.88. The Morgan fingerprint density at radius 1 is 1.05 bits per heavy atom. The zero-order valence-corrected chi connectivity index (χ0v) is 12.5. The van der Waals surface area contributed by atoms with Gasteiger partial charge in [-0.1, -0.05) is 12.1 Å². The molecule has 3 nitrogen and oxygen atoms in total. The normalized spacial score (nSPS) is 10.2. The maximum Gasteiger partial charge on any atom is 0.203 e. The van der Waals surface area contributed by atoms with Crippen LogP contribution in [0.3, 0.4) is 0 Å². The first-order chi connectivity index (χ1) is 9.60. The van der Waals surface area contributed by atoms with E-state index in [4.69, 9.17) is 9.47 Å². The maximum absolute atomic E-state index is 14.1. The molecule has 0 spiro atoms. The van der Waals surface area contributed by atoms with E-state index in [1.165, 1.54) is 26.4 Å². The van der Waals surface area contributed by atoms with Crippen molar-refractivity contribution in [1.29, 1.82) is 0 Å². The molecule has 0 N–H and O–H groups in total. The van der Waals surface area contributed by atoms with Crippen molar-refractivity contribution in [3.05, 3.63) is 57.8 Å². The summed E-state index contributed by atoms with van der Waals surface area (Å²) in [5.74, 6) is -0.411. The standard InChI is InChI=1S/C15H12BrFO3/c1-19-11-7-4-8-12(20-2)13(11)15(18)9-5-3-6-10(16)14(9)17/h3-8H,1-2H3. The number of halogens is 2. The van der Waals surface area contributed by atoms with Gasteiger partial charge in [0.25, 0.3) is 0 Å². The summed E-state index contributed by atoms with van der Waals surface area (Å²) >= 11 is 3.07. The number of ether oxygens (including phenoxy) is 2. The van der Waals surface area contributed by atoms with E-state index in [9.17, 15) is 9.18 Å². The number of hydrogen-bond donors (Lipinski definition) is 0. The molecule has 0 radical (unpaired) electrons. The predicted molar refractivity (Wildman–Crippen MR) is 77.1 cm³/mol. The van der Waals surface area contributed by atoms with Gasteiger partial charge in [-0.15, -0.1) is 0 Å². The SMILES string of the molecule is COc1cccc(OC)c1C(=O)c1cccc(Br)c1F. The van der Waals surface area contributed by atoms with Gasteiger partial charge in [-0.2, -0.15) is 0 Å². The third-order valence-electron chi connectivity index (χ3n) is 2.85. The molecular formula is C15H12BrFO3. The van der Waals surface area contributed by atoms with E-state index in [0.717, 1.165) is 0 Å². The Labute approximate surface area is 124 Å². The van der Waals surface area contributed by atoms with E-state index in [1.807, 2.05) is 0 Å². The molecule has 0 amide bonds. The summed E-state index contributed by atoms with van der Waals surface area (Å²) in [4.78, 5) is 12.6. The number of rotatable bonds is 4. The third kappa shape index (κ3) is 2.54. The van der Waals surface area contributed by atoms with E-state index in [-0.39, 0.29) is 15.6 Å². The van der Waals surface area contributed by atoms with Gasteiger partial charge >= 0.3 is 0 Å². The van der Waals surface area contributed by atoms with Gasteiger partial charge < -0.3 is 9.47 Å². The first-order valence-corrected chi connectivity index (χ1v) is 6.59. The summed E-state index contributed by atoms with van der Waals surface area (Å²) in [6.07, 6.45) is 0. The number of benzene rings is 2. The van der Waals surface area contributed by atoms with Crippen LogP contribution in [-0.2, 0) is 0 Å². The van der Waals surface area contributed by atoms with Crippen LogP contribution in [0, 0.1) is 5.82 Å². The molecular weight excluding hydrogens is 327 g/mol. The lowest BCUT2D eigenvalue weighted by atomic mass is 10.0. The summed E-state index contributed by atoms with van der Waals surface area (Å²) in [5, 5.41) is 0. The highest BCUT2D eigenvalue weighted by molar-refractivity contribution is 9.10. The number of hydrogen-bond acceptors (Lipinski definition) is 3. The first kappa shape index (κ1) is 14.5. The van der Waals surface area contributed by atoms with Gasteiger partial charge in [-0.05, 0) is 40.2 Å². The molecule has 0 aromatic heterocycles. The van der Waals surface area contributed by atoms with Crippen molar-refractivity contribution in [1.82, 2.24) is 0 Å². The Morgan fingerprint density at radius 3 is 2.15 bits per heavy atom. The van der Waals surface area contributed by atoms with Crippen LogP contribution in [0.15, 0.2) is 40.9 Å². The van der Waals surface area contributed by atoms with Gasteiger partial charge in [0.1, 0.15) is 22.9 Å². The number of methoxy groups -OCH3 is 2. The van der Waals surface area contributed by atoms with Crippen LogP contribution in [-0.4, -0.2) is 20.0 Å². The van der Waals surface area contributed by atoms with Gasteiger partial charge in [0.2, 0.25) is 5.78 Å². The highest BCUT2D eigenvalue weighted by atomic mass is 79.9. The van der Waals surface area contributed by atoms with E-state index in [0.29, 0.717) is 11.5 Å². The highest BCUT2D eigenvalue weighted by Crippen LogP contribution is 2.32. The minimum atomic E-state index is -0.606. The fourth-order valence-electron chi connectivity index (χ4n) is 1.89. The minimum Gasteiger partial charge on any atom is -0.496 e. The molecule has 0 heterocycles. The molecule has 0 atom stereocenters. The molecule has 0 bridgehead atoms. The molecule has 0 aliphatic rings. The van der Waals surface area contributed by atoms with E-state index >= 15 is 0 Å². The number of ketones is 1. The van der Waals surface area contributed by atoms with Crippen molar-refractivity contribution in [2.24, 2.45) is 0 Å². The summed E-state index contributed by atoms with van der Waals surface area (Å²) in [7, 11) is 2.89. The molecule has 2 aromatic carbocycles. The molecule has 0 aliphatic heterocycles. The summed E-state index contributed by atoms with van der Waals surface area (Å²) in [5.41, 5.74) is 0.164. The summed E-state index contributed by atoms with van der Waals surface area (Å²) < 4.78 is 24.6. The first-order valence-electron chi connectivity index (χ1n) is 5.79. The lowest BCUT2D eigenvalue weighted by Gasteiger charge is -2.12. The van der Waals surface area contributed by atoms with Crippen LogP contribution in [0.2, 0.25) is 0 Å². The molecule has 5 heteroatoms. The smallest absolute Gasteiger partial charge is 0.203 e. The maximum atomic E-state index is 14.1. The van der Waals surface area contributed by atoms with Gasteiger partial charge in [0.05, 0.1) is 24.3 Å². The summed E-state index contributed by atoms with van der Waals surface area (Å²) in [6, 6.07) is 9.52. The van der Waals surface area contributed by atoms with Crippen LogP contribution in [0.5, 0.6) is 11.5 Å². The van der Waals surface area contributed by atoms with Gasteiger partial charge in [-0.3, -0.25) is 4.79 Å². The molecule has 2 rings (SSSR count). The molecule has 0 fully saturated rings. The fraction of sp³-hybridized carbons (Fsp3) is 0.133. The van der Waals surface area contributed by atoms with Gasteiger partial charge in [0, 0.05) is 0 Å². The van der Waals surface area contributed by atoms with E-state index in [2.05, 4.69) is 15.9 Å². The molecule has 0 saturated carbocycles. The third-order valence-corrected chi connectivity index (χ3v) is 3.46. The average Bonchev–Trinajstić information content (AvgIpc) is 2.48. The zero-order chi connectivity index (χ0) is 14.7. The molecule has 0 saturated heterocycles. The van der Waals surface area contributed by atoms with Crippen molar-refractivity contribution in [3.63, 3.8) is 0 Å². The van der Waals surface area contributed by atoms with Crippen molar-refractivity contribution in [3.8, 4) is 11.5 Å². The molecule has 104 valence electrons. The molecule has 0 unspecified atom stereocenters. The predicted octanol–water partition coefficient (Wildman–Crippen LogP) is 3.84. The largest absolute Gasteiger partial charge is 0.496 e. The van der Waals surface area contributed by atoms with E-state index in [1.54, 1.807) is 24.3 Å². The second kappa shape index (κ2) is 6.05. The topological polar surface area (TPSA) is 35.5 Å². The lowest BCUT2D eigenvalue weighted by Crippen LogP contribution is -2.08. The van der Waals surface area contributed by atoms with Crippen LogP contribution < -0.4 is 9.47 Å². The monoisotopic (exact) mass is 338 g/mol. The Balaban J connectivity index is 2.61. The average molecular weight is 339 g/mol. The summed E-state index contributed by atoms with van der Waals surface area (Å²) in [6.45, 7) is 0. The Bertz CT molecular complexity index is 633. The van der Waals surface area contributed by atoms with Gasteiger partial charge in [-0.25, -0.2) is 4.39 Å². The van der Waals surface area contributed by atoms with Crippen molar-refractivity contribution in [2.75, 3.05) is 14.2 Å². The second-order valence-electron chi connectivity index (χ2n) is 3.97. The van der Waals surface area contributed by atoms with Crippen molar-refractivity contribution in [2.45, 2.75) is 0 Å². The minimum absolute atomic E-state index is 0.0397. The van der Waals surface area contributed by atoms with Gasteiger partial charge in [0.15, 0.2) is 0 Å². The Morgan fingerprint density at radius 2 is 1.60 bits per heavy atom. The molecule has 20 heavy (non-hydrogen) atoms. The Kier molecular flexibility index (Phi) is 4.39. The van der Waals surface area contributed by atoms with Crippen LogP contribution in [0.25, 0.3) is 0 Å². The van der Waals surface area contributed by atoms with Crippen LogP contribution in [0.4, 0.5) is 4.39 Å². The van der Waals surface area contributed by atoms with Crippen LogP contribution >= 0.6 is 15.9 Å². The van der Waals surface area contributed by atoms with E-state index < -0.39 is 11.6 Å².